The summed E-state index contributed by atoms with van der Waals surface area (Å²) in [6.45, 7) is 2.84. The number of carbonyl (C=O) groups is 2. The predicted molar refractivity (Wildman–Crippen MR) is 121 cm³/mol. The van der Waals surface area contributed by atoms with E-state index in [0.29, 0.717) is 54.5 Å². The van der Waals surface area contributed by atoms with Gasteiger partial charge in [-0.1, -0.05) is 0 Å². The first-order valence-corrected chi connectivity index (χ1v) is 10.4. The van der Waals surface area contributed by atoms with Crippen LogP contribution >= 0.6 is 0 Å². The van der Waals surface area contributed by atoms with Crippen molar-refractivity contribution in [3.63, 3.8) is 0 Å². The molecule has 0 spiro atoms. The average Bonchev–Trinajstić information content (AvgIpc) is 3.34. The number of nitrogens with zero attached hydrogens (tertiary/aromatic N) is 3. The van der Waals surface area contributed by atoms with Gasteiger partial charge in [-0.15, -0.1) is 10.2 Å². The fourth-order valence-corrected chi connectivity index (χ4v) is 3.74. The molecule has 0 unspecified atom stereocenters. The highest BCUT2D eigenvalue weighted by molar-refractivity contribution is 5.96. The predicted octanol–water partition coefficient (Wildman–Crippen LogP) is 3.56. The second-order valence-electron chi connectivity index (χ2n) is 7.60. The van der Waals surface area contributed by atoms with Crippen LogP contribution in [0.5, 0.6) is 5.75 Å². The van der Waals surface area contributed by atoms with Gasteiger partial charge >= 0.3 is 0 Å². The van der Waals surface area contributed by atoms with Crippen molar-refractivity contribution >= 4 is 29.0 Å². The third-order valence-electron chi connectivity index (χ3n) is 5.39. The molecule has 1 aliphatic rings. The van der Waals surface area contributed by atoms with Crippen LogP contribution in [0.3, 0.4) is 0 Å². The summed E-state index contributed by atoms with van der Waals surface area (Å²) in [4.78, 5) is 26.3. The SMILES string of the molecule is COc1ccc(NC(C)=O)cc1NC(=O)C1CCN(c2ccc(-c3ccco3)nn2)CC1. The molecule has 1 saturated heterocycles. The number of carbonyl (C=O) groups excluding carboxylic acids is 2. The quantitative estimate of drug-likeness (QED) is 0.609. The molecule has 32 heavy (non-hydrogen) atoms. The van der Waals surface area contributed by atoms with E-state index in [2.05, 4.69) is 25.7 Å². The molecule has 9 heteroatoms. The normalized spacial score (nSPS) is 14.1. The summed E-state index contributed by atoms with van der Waals surface area (Å²) in [5, 5.41) is 14.2. The van der Waals surface area contributed by atoms with Crippen LogP contribution in [-0.2, 0) is 9.59 Å². The number of anilines is 3. The number of piperidine rings is 1. The summed E-state index contributed by atoms with van der Waals surface area (Å²) in [6.07, 6.45) is 2.99. The zero-order valence-electron chi connectivity index (χ0n) is 18.0. The summed E-state index contributed by atoms with van der Waals surface area (Å²) in [5.74, 6) is 1.62. The van der Waals surface area contributed by atoms with E-state index >= 15 is 0 Å². The summed E-state index contributed by atoms with van der Waals surface area (Å²) in [7, 11) is 1.54. The minimum absolute atomic E-state index is 0.0674. The molecule has 2 amide bonds. The van der Waals surface area contributed by atoms with Crippen molar-refractivity contribution in [1.82, 2.24) is 10.2 Å². The molecule has 1 aromatic carbocycles. The smallest absolute Gasteiger partial charge is 0.227 e. The van der Waals surface area contributed by atoms with E-state index in [1.165, 1.54) is 6.92 Å². The van der Waals surface area contributed by atoms with Gasteiger partial charge in [0.15, 0.2) is 11.6 Å². The molecule has 2 aromatic heterocycles. The van der Waals surface area contributed by atoms with Gasteiger partial charge in [0.05, 0.1) is 19.1 Å². The molecule has 9 nitrogen and oxygen atoms in total. The first-order valence-electron chi connectivity index (χ1n) is 10.4. The molecule has 1 aliphatic heterocycles. The van der Waals surface area contributed by atoms with E-state index < -0.39 is 0 Å². The number of rotatable bonds is 6. The lowest BCUT2D eigenvalue weighted by Crippen LogP contribution is -2.38. The number of nitrogens with one attached hydrogen (secondary N) is 2. The Bertz CT molecular complexity index is 1070. The molecule has 4 rings (SSSR count). The third-order valence-corrected chi connectivity index (χ3v) is 5.39. The van der Waals surface area contributed by atoms with E-state index in [1.807, 2.05) is 24.3 Å². The summed E-state index contributed by atoms with van der Waals surface area (Å²) < 4.78 is 10.7. The second-order valence-corrected chi connectivity index (χ2v) is 7.60. The topological polar surface area (TPSA) is 110 Å². The highest BCUT2D eigenvalue weighted by Crippen LogP contribution is 2.30. The molecule has 166 valence electrons. The highest BCUT2D eigenvalue weighted by Gasteiger charge is 2.26. The van der Waals surface area contributed by atoms with Crippen molar-refractivity contribution in [3.05, 3.63) is 48.7 Å². The van der Waals surface area contributed by atoms with Crippen LogP contribution in [-0.4, -0.2) is 42.2 Å². The van der Waals surface area contributed by atoms with Gasteiger partial charge in [0.2, 0.25) is 11.8 Å². The van der Waals surface area contributed by atoms with Crippen LogP contribution in [0.2, 0.25) is 0 Å². The maximum Gasteiger partial charge on any atom is 0.227 e. The van der Waals surface area contributed by atoms with Gasteiger partial charge in [-0.2, -0.15) is 0 Å². The number of hydrogen-bond acceptors (Lipinski definition) is 7. The van der Waals surface area contributed by atoms with E-state index in [1.54, 1.807) is 31.6 Å². The van der Waals surface area contributed by atoms with Crippen LogP contribution in [0.15, 0.2) is 53.1 Å². The number of benzene rings is 1. The summed E-state index contributed by atoms with van der Waals surface area (Å²) in [5.41, 5.74) is 1.81. The Labute approximate surface area is 185 Å². The molecule has 3 aromatic rings. The Morgan fingerprint density at radius 3 is 2.53 bits per heavy atom. The lowest BCUT2D eigenvalue weighted by molar-refractivity contribution is -0.120. The maximum atomic E-state index is 12.9. The first kappa shape index (κ1) is 21.4. The minimum Gasteiger partial charge on any atom is -0.495 e. The molecule has 0 saturated carbocycles. The van der Waals surface area contributed by atoms with Gasteiger partial charge in [0.25, 0.3) is 0 Å². The lowest BCUT2D eigenvalue weighted by Gasteiger charge is -2.31. The number of amides is 2. The molecule has 2 N–H and O–H groups in total. The number of aromatic nitrogens is 2. The lowest BCUT2D eigenvalue weighted by atomic mass is 9.95. The first-order chi connectivity index (χ1) is 15.5. The molecule has 0 bridgehead atoms. The van der Waals surface area contributed by atoms with Gasteiger partial charge in [0, 0.05) is 31.6 Å². The van der Waals surface area contributed by atoms with E-state index in [0.717, 1.165) is 5.82 Å². The van der Waals surface area contributed by atoms with Gasteiger partial charge < -0.3 is 24.7 Å². The number of furan rings is 1. The maximum absolute atomic E-state index is 12.9. The zero-order chi connectivity index (χ0) is 22.5. The Balaban J connectivity index is 1.36. The summed E-state index contributed by atoms with van der Waals surface area (Å²) in [6, 6.07) is 12.6. The largest absolute Gasteiger partial charge is 0.495 e. The summed E-state index contributed by atoms with van der Waals surface area (Å²) >= 11 is 0. The van der Waals surface area contributed by atoms with E-state index in [4.69, 9.17) is 9.15 Å². The zero-order valence-corrected chi connectivity index (χ0v) is 18.0. The monoisotopic (exact) mass is 435 g/mol. The van der Waals surface area contributed by atoms with Crippen LogP contribution in [0.4, 0.5) is 17.2 Å². The van der Waals surface area contributed by atoms with Gasteiger partial charge in [-0.05, 0) is 55.3 Å². The average molecular weight is 435 g/mol. The number of hydrogen-bond donors (Lipinski definition) is 2. The second kappa shape index (κ2) is 9.51. The van der Waals surface area contributed by atoms with E-state index in [-0.39, 0.29) is 17.7 Å². The highest BCUT2D eigenvalue weighted by atomic mass is 16.5. The molecular formula is C23H25N5O4. The van der Waals surface area contributed by atoms with Crippen LogP contribution in [0.1, 0.15) is 19.8 Å². The van der Waals surface area contributed by atoms with Gasteiger partial charge in [0.1, 0.15) is 11.4 Å². The van der Waals surface area contributed by atoms with Crippen molar-refractivity contribution in [2.24, 2.45) is 5.92 Å². The molecule has 3 heterocycles. The van der Waals surface area contributed by atoms with Crippen molar-refractivity contribution in [2.45, 2.75) is 19.8 Å². The molecule has 1 fully saturated rings. The molecule has 0 atom stereocenters. The van der Waals surface area contributed by atoms with Crippen LogP contribution in [0.25, 0.3) is 11.5 Å². The Morgan fingerprint density at radius 1 is 1.09 bits per heavy atom. The third kappa shape index (κ3) is 4.88. The van der Waals surface area contributed by atoms with Crippen molar-refractivity contribution in [1.29, 1.82) is 0 Å². The van der Waals surface area contributed by atoms with Crippen molar-refractivity contribution in [3.8, 4) is 17.2 Å². The molecular weight excluding hydrogens is 410 g/mol. The molecule has 0 aliphatic carbocycles. The fraction of sp³-hybridized carbons (Fsp3) is 0.304. The van der Waals surface area contributed by atoms with Crippen molar-refractivity contribution in [2.75, 3.05) is 35.7 Å². The number of ether oxygens (including phenoxy) is 1. The van der Waals surface area contributed by atoms with Crippen LogP contribution in [0, 0.1) is 5.92 Å². The van der Waals surface area contributed by atoms with E-state index in [9.17, 15) is 9.59 Å². The molecule has 0 radical (unpaired) electrons. The van der Waals surface area contributed by atoms with Gasteiger partial charge in [-0.25, -0.2) is 0 Å². The number of methoxy groups -OCH3 is 1. The Kier molecular flexibility index (Phi) is 6.34. The minimum atomic E-state index is -0.180. The Morgan fingerprint density at radius 2 is 1.91 bits per heavy atom. The van der Waals surface area contributed by atoms with Crippen molar-refractivity contribution < 1.29 is 18.7 Å². The van der Waals surface area contributed by atoms with Gasteiger partial charge in [-0.3, -0.25) is 9.59 Å². The fourth-order valence-electron chi connectivity index (χ4n) is 3.74. The Hall–Kier alpha value is -3.88. The van der Waals surface area contributed by atoms with Crippen LogP contribution < -0.4 is 20.3 Å². The standard InChI is InChI=1S/C23H25N5O4/c1-15(29)24-17-5-7-20(31-2)19(14-17)25-23(30)16-9-11-28(12-10-16)22-8-6-18(26-27-22)21-4-3-13-32-21/h3-8,13-14,16H,9-12H2,1-2H3,(H,24,29)(H,25,30).